The van der Waals surface area contributed by atoms with Crippen molar-refractivity contribution in [2.24, 2.45) is 0 Å². The zero-order valence-electron chi connectivity index (χ0n) is 11.1. The molecule has 19 heavy (non-hydrogen) atoms. The fourth-order valence-electron chi connectivity index (χ4n) is 2.16. The summed E-state index contributed by atoms with van der Waals surface area (Å²) in [6.07, 6.45) is 0.821. The number of nitrogens with zero attached hydrogens (tertiary/aromatic N) is 2. The third-order valence-corrected chi connectivity index (χ3v) is 3.25. The number of carbonyl (C=O) groups is 2. The predicted molar refractivity (Wildman–Crippen MR) is 73.9 cm³/mol. The van der Waals surface area contributed by atoms with Crippen molar-refractivity contribution >= 4 is 17.6 Å². The van der Waals surface area contributed by atoms with Gasteiger partial charge in [0.1, 0.15) is 0 Å². The molecule has 1 fully saturated rings. The van der Waals surface area contributed by atoms with Crippen LogP contribution in [0.5, 0.6) is 0 Å². The van der Waals surface area contributed by atoms with Gasteiger partial charge in [-0.1, -0.05) is 18.2 Å². The largest absolute Gasteiger partial charge is 0.341 e. The first kappa shape index (κ1) is 13.4. The normalized spacial score (nSPS) is 15.8. The number of hydrogen-bond acceptors (Lipinski definition) is 2. The number of benzene rings is 1. The molecule has 1 heterocycles. The minimum Gasteiger partial charge on any atom is -0.341 e. The quantitative estimate of drug-likeness (QED) is 0.837. The molecule has 0 unspecified atom stereocenters. The van der Waals surface area contributed by atoms with Crippen molar-refractivity contribution in [2.75, 3.05) is 31.5 Å². The molecule has 0 aromatic heterocycles. The van der Waals surface area contributed by atoms with Gasteiger partial charge in [0.15, 0.2) is 0 Å². The van der Waals surface area contributed by atoms with Crippen molar-refractivity contribution in [3.05, 3.63) is 30.3 Å². The fraction of sp³-hybridized carbons (Fsp3) is 0.429. The van der Waals surface area contributed by atoms with Gasteiger partial charge in [-0.3, -0.25) is 4.79 Å². The molecule has 1 aromatic carbocycles. The van der Waals surface area contributed by atoms with Crippen LogP contribution in [0.1, 0.15) is 13.3 Å². The van der Waals surface area contributed by atoms with Crippen LogP contribution < -0.4 is 5.32 Å². The first-order valence-electron chi connectivity index (χ1n) is 6.53. The van der Waals surface area contributed by atoms with Gasteiger partial charge in [-0.05, 0) is 18.6 Å². The van der Waals surface area contributed by atoms with Gasteiger partial charge >= 0.3 is 6.03 Å². The van der Waals surface area contributed by atoms with Gasteiger partial charge in [-0.2, -0.15) is 0 Å². The van der Waals surface area contributed by atoms with Crippen molar-refractivity contribution in [1.82, 2.24) is 9.80 Å². The highest BCUT2D eigenvalue weighted by molar-refractivity contribution is 5.89. The van der Waals surface area contributed by atoms with E-state index < -0.39 is 0 Å². The summed E-state index contributed by atoms with van der Waals surface area (Å²) in [5, 5.41) is 2.87. The molecule has 1 aromatic rings. The Hall–Kier alpha value is -2.04. The molecule has 0 radical (unpaired) electrons. The maximum Gasteiger partial charge on any atom is 0.321 e. The molecule has 0 atom stereocenters. The molecule has 0 aliphatic carbocycles. The highest BCUT2D eigenvalue weighted by Gasteiger charge is 2.20. The van der Waals surface area contributed by atoms with Crippen molar-refractivity contribution < 1.29 is 9.59 Å². The van der Waals surface area contributed by atoms with Crippen molar-refractivity contribution in [3.8, 4) is 0 Å². The Morgan fingerprint density at radius 2 is 1.63 bits per heavy atom. The van der Waals surface area contributed by atoms with Crippen LogP contribution in [0.25, 0.3) is 0 Å². The lowest BCUT2D eigenvalue weighted by Crippen LogP contribution is -2.38. The second kappa shape index (κ2) is 6.22. The molecule has 0 saturated carbocycles. The van der Waals surface area contributed by atoms with E-state index in [2.05, 4.69) is 5.32 Å². The maximum absolute atomic E-state index is 12.1. The van der Waals surface area contributed by atoms with E-state index in [1.54, 1.807) is 16.7 Å². The lowest BCUT2D eigenvalue weighted by molar-refractivity contribution is -0.128. The monoisotopic (exact) mass is 261 g/mol. The number of anilines is 1. The Labute approximate surface area is 113 Å². The predicted octanol–water partition coefficient (Wildman–Crippen LogP) is 1.77. The van der Waals surface area contributed by atoms with Crippen LogP contribution >= 0.6 is 0 Å². The minimum atomic E-state index is -0.100. The van der Waals surface area contributed by atoms with E-state index in [0.29, 0.717) is 19.6 Å². The van der Waals surface area contributed by atoms with Crippen LogP contribution in [0.3, 0.4) is 0 Å². The molecular weight excluding hydrogens is 242 g/mol. The van der Waals surface area contributed by atoms with E-state index in [0.717, 1.165) is 18.7 Å². The number of nitrogens with one attached hydrogen (secondary N) is 1. The number of hydrogen-bond donors (Lipinski definition) is 1. The fourth-order valence-corrected chi connectivity index (χ4v) is 2.16. The molecule has 1 aliphatic rings. The zero-order chi connectivity index (χ0) is 13.7. The van der Waals surface area contributed by atoms with Gasteiger partial charge in [0.05, 0.1) is 0 Å². The number of amides is 3. The molecule has 2 rings (SSSR count). The standard InChI is InChI=1S/C14H19N3O2/c1-12(18)16-8-5-9-17(11-10-16)14(19)15-13-6-3-2-4-7-13/h2-4,6-7H,5,8-11H2,1H3,(H,15,19). The van der Waals surface area contributed by atoms with E-state index in [-0.39, 0.29) is 11.9 Å². The summed E-state index contributed by atoms with van der Waals surface area (Å²) in [5.74, 6) is 0.0744. The van der Waals surface area contributed by atoms with Crippen LogP contribution in [0.4, 0.5) is 10.5 Å². The van der Waals surface area contributed by atoms with Gasteiger partial charge in [-0.25, -0.2) is 4.79 Å². The summed E-state index contributed by atoms with van der Waals surface area (Å²) >= 11 is 0. The van der Waals surface area contributed by atoms with E-state index in [1.165, 1.54) is 0 Å². The summed E-state index contributed by atoms with van der Waals surface area (Å²) in [4.78, 5) is 27.0. The number of para-hydroxylation sites is 1. The molecule has 0 bridgehead atoms. The SMILES string of the molecule is CC(=O)N1CCCN(C(=O)Nc2ccccc2)CC1. The molecule has 1 aliphatic heterocycles. The Bertz CT molecular complexity index is 447. The van der Waals surface area contributed by atoms with Crippen LogP contribution in [-0.2, 0) is 4.79 Å². The molecule has 102 valence electrons. The van der Waals surface area contributed by atoms with Gasteiger partial charge in [0, 0.05) is 38.8 Å². The average molecular weight is 261 g/mol. The van der Waals surface area contributed by atoms with Crippen LogP contribution in [0, 0.1) is 0 Å². The van der Waals surface area contributed by atoms with Gasteiger partial charge in [0.2, 0.25) is 5.91 Å². The third-order valence-electron chi connectivity index (χ3n) is 3.25. The first-order valence-corrected chi connectivity index (χ1v) is 6.53. The van der Waals surface area contributed by atoms with Gasteiger partial charge in [0.25, 0.3) is 0 Å². The summed E-state index contributed by atoms with van der Waals surface area (Å²) in [5.41, 5.74) is 0.792. The zero-order valence-corrected chi connectivity index (χ0v) is 11.1. The first-order chi connectivity index (χ1) is 9.16. The minimum absolute atomic E-state index is 0.0744. The molecule has 1 N–H and O–H groups in total. The summed E-state index contributed by atoms with van der Waals surface area (Å²) in [6, 6.07) is 9.30. The number of carbonyl (C=O) groups excluding carboxylic acids is 2. The van der Waals surface area contributed by atoms with Gasteiger partial charge < -0.3 is 15.1 Å². The summed E-state index contributed by atoms with van der Waals surface area (Å²) < 4.78 is 0. The maximum atomic E-state index is 12.1. The molecule has 5 nitrogen and oxygen atoms in total. The van der Waals surface area contributed by atoms with Crippen LogP contribution in [0.2, 0.25) is 0 Å². The topological polar surface area (TPSA) is 52.7 Å². The lowest BCUT2D eigenvalue weighted by Gasteiger charge is -2.21. The highest BCUT2D eigenvalue weighted by atomic mass is 16.2. The molecule has 0 spiro atoms. The lowest BCUT2D eigenvalue weighted by atomic mass is 10.3. The second-order valence-electron chi connectivity index (χ2n) is 4.64. The van der Waals surface area contributed by atoms with Crippen LogP contribution in [0.15, 0.2) is 30.3 Å². The number of urea groups is 1. The van der Waals surface area contributed by atoms with Crippen molar-refractivity contribution in [1.29, 1.82) is 0 Å². The third kappa shape index (κ3) is 3.71. The van der Waals surface area contributed by atoms with E-state index in [1.807, 2.05) is 30.3 Å². The summed E-state index contributed by atoms with van der Waals surface area (Å²) in [7, 11) is 0. The van der Waals surface area contributed by atoms with Gasteiger partial charge in [-0.15, -0.1) is 0 Å². The average Bonchev–Trinajstić information content (AvgIpc) is 2.65. The molecule has 3 amide bonds. The Kier molecular flexibility index (Phi) is 4.39. The summed E-state index contributed by atoms with van der Waals surface area (Å²) in [6.45, 7) is 4.17. The van der Waals surface area contributed by atoms with Crippen LogP contribution in [-0.4, -0.2) is 47.9 Å². The Balaban J connectivity index is 1.91. The Morgan fingerprint density at radius 1 is 1.00 bits per heavy atom. The highest BCUT2D eigenvalue weighted by Crippen LogP contribution is 2.09. The van der Waals surface area contributed by atoms with Crippen molar-refractivity contribution in [3.63, 3.8) is 0 Å². The van der Waals surface area contributed by atoms with E-state index in [4.69, 9.17) is 0 Å². The molecule has 5 heteroatoms. The second-order valence-corrected chi connectivity index (χ2v) is 4.64. The van der Waals surface area contributed by atoms with E-state index >= 15 is 0 Å². The van der Waals surface area contributed by atoms with Crippen molar-refractivity contribution in [2.45, 2.75) is 13.3 Å². The van der Waals surface area contributed by atoms with E-state index in [9.17, 15) is 9.59 Å². The smallest absolute Gasteiger partial charge is 0.321 e. The Morgan fingerprint density at radius 3 is 2.32 bits per heavy atom. The molecular formula is C14H19N3O2. The molecule has 1 saturated heterocycles. The number of rotatable bonds is 1.